The summed E-state index contributed by atoms with van der Waals surface area (Å²) in [6.07, 6.45) is 0.961. The number of aromatic nitrogens is 2. The number of hydrogen-bond acceptors (Lipinski definition) is 6. The molecule has 1 aromatic carbocycles. The standard InChI is InChI=1S/C25H30N4O3S.2ClH/c1-14(2)9-20-19(11-26)24(17-7-5-15(3)6-8-17)18(16(4)28-20)10-22(30)27-12-23-29-21(13-33-23)25(31)32;;/h5-8,13-14H,9-12,26H2,1-4H3,(H,27,30)(H,31,32);2*1H. The molecule has 190 valence electrons. The lowest BCUT2D eigenvalue weighted by atomic mass is 9.88. The molecule has 7 nitrogen and oxygen atoms in total. The van der Waals surface area contributed by atoms with Gasteiger partial charge in [-0.05, 0) is 48.4 Å². The number of nitrogens with one attached hydrogen (secondary N) is 1. The smallest absolute Gasteiger partial charge is 0.355 e. The molecule has 0 atom stereocenters. The number of rotatable bonds is 9. The molecule has 0 aliphatic carbocycles. The molecular formula is C25H32Cl2N4O3S. The van der Waals surface area contributed by atoms with Crippen molar-refractivity contribution in [1.82, 2.24) is 15.3 Å². The molecule has 3 rings (SSSR count). The maximum Gasteiger partial charge on any atom is 0.355 e. The van der Waals surface area contributed by atoms with E-state index in [0.717, 1.165) is 45.6 Å². The molecule has 0 unspecified atom stereocenters. The van der Waals surface area contributed by atoms with E-state index in [1.165, 1.54) is 16.7 Å². The van der Waals surface area contributed by atoms with E-state index >= 15 is 0 Å². The molecule has 1 amide bonds. The first kappa shape index (κ1) is 30.5. The Kier molecular flexibility index (Phi) is 11.8. The maximum atomic E-state index is 12.9. The molecule has 4 N–H and O–H groups in total. The first-order valence-corrected chi connectivity index (χ1v) is 11.8. The lowest BCUT2D eigenvalue weighted by molar-refractivity contribution is -0.120. The van der Waals surface area contributed by atoms with Crippen molar-refractivity contribution in [3.05, 3.63) is 68.4 Å². The van der Waals surface area contributed by atoms with E-state index in [4.69, 9.17) is 15.8 Å². The highest BCUT2D eigenvalue weighted by molar-refractivity contribution is 7.09. The van der Waals surface area contributed by atoms with Crippen LogP contribution in [0.25, 0.3) is 11.1 Å². The van der Waals surface area contributed by atoms with E-state index in [1.54, 1.807) is 0 Å². The molecule has 0 aliphatic heterocycles. The van der Waals surface area contributed by atoms with Gasteiger partial charge in [-0.3, -0.25) is 9.78 Å². The van der Waals surface area contributed by atoms with Crippen molar-refractivity contribution in [2.24, 2.45) is 11.7 Å². The zero-order valence-corrected chi connectivity index (χ0v) is 22.7. The van der Waals surface area contributed by atoms with Crippen LogP contribution < -0.4 is 11.1 Å². The second kappa shape index (κ2) is 13.5. The molecule has 0 saturated heterocycles. The second-order valence-electron chi connectivity index (χ2n) is 8.53. The molecule has 0 spiro atoms. The Bertz CT molecular complexity index is 1160. The number of pyridine rings is 1. The van der Waals surface area contributed by atoms with Gasteiger partial charge in [0.1, 0.15) is 5.01 Å². The Morgan fingerprint density at radius 3 is 2.29 bits per heavy atom. The van der Waals surface area contributed by atoms with Crippen LogP contribution >= 0.6 is 36.2 Å². The molecule has 10 heteroatoms. The van der Waals surface area contributed by atoms with Gasteiger partial charge in [-0.15, -0.1) is 36.2 Å². The highest BCUT2D eigenvalue weighted by Crippen LogP contribution is 2.33. The zero-order chi connectivity index (χ0) is 24.1. The fourth-order valence-electron chi connectivity index (χ4n) is 3.79. The monoisotopic (exact) mass is 538 g/mol. The first-order valence-electron chi connectivity index (χ1n) is 10.9. The zero-order valence-electron chi connectivity index (χ0n) is 20.3. The third kappa shape index (κ3) is 7.73. The van der Waals surface area contributed by atoms with Crippen LogP contribution in [0.3, 0.4) is 0 Å². The first-order chi connectivity index (χ1) is 15.7. The fourth-order valence-corrected chi connectivity index (χ4v) is 4.50. The number of nitrogens with two attached hydrogens (primary N) is 1. The number of halogens is 2. The van der Waals surface area contributed by atoms with Crippen LogP contribution in [0, 0.1) is 19.8 Å². The summed E-state index contributed by atoms with van der Waals surface area (Å²) in [5.74, 6) is -0.833. The number of carbonyl (C=O) groups is 2. The van der Waals surface area contributed by atoms with Gasteiger partial charge in [0.15, 0.2) is 5.69 Å². The van der Waals surface area contributed by atoms with Gasteiger partial charge in [0.25, 0.3) is 0 Å². The van der Waals surface area contributed by atoms with E-state index in [2.05, 4.69) is 48.4 Å². The van der Waals surface area contributed by atoms with Crippen LogP contribution in [-0.4, -0.2) is 27.0 Å². The van der Waals surface area contributed by atoms with Crippen LogP contribution in [0.5, 0.6) is 0 Å². The number of aryl methyl sites for hydroxylation is 2. The van der Waals surface area contributed by atoms with Gasteiger partial charge < -0.3 is 16.2 Å². The average molecular weight is 540 g/mol. The molecule has 0 radical (unpaired) electrons. The fraction of sp³-hybridized carbons (Fsp3) is 0.360. The number of thiazole rings is 1. The second-order valence-corrected chi connectivity index (χ2v) is 9.47. The summed E-state index contributed by atoms with van der Waals surface area (Å²) >= 11 is 1.21. The summed E-state index contributed by atoms with van der Waals surface area (Å²) in [5, 5.41) is 13.9. The van der Waals surface area contributed by atoms with Crippen molar-refractivity contribution in [3.8, 4) is 11.1 Å². The van der Waals surface area contributed by atoms with Crippen LogP contribution in [0.4, 0.5) is 0 Å². The number of carboxylic acids is 1. The van der Waals surface area contributed by atoms with Crippen LogP contribution in [0.1, 0.15) is 57.4 Å². The van der Waals surface area contributed by atoms with Crippen LogP contribution in [0.2, 0.25) is 0 Å². The Labute approximate surface area is 222 Å². The molecule has 0 saturated carbocycles. The van der Waals surface area contributed by atoms with Crippen molar-refractivity contribution < 1.29 is 14.7 Å². The Hall–Kier alpha value is -2.52. The van der Waals surface area contributed by atoms with Gasteiger partial charge in [-0.1, -0.05) is 43.7 Å². The van der Waals surface area contributed by atoms with Gasteiger partial charge in [-0.25, -0.2) is 9.78 Å². The van der Waals surface area contributed by atoms with E-state index in [9.17, 15) is 9.59 Å². The highest BCUT2D eigenvalue weighted by Gasteiger charge is 2.21. The summed E-state index contributed by atoms with van der Waals surface area (Å²) in [6.45, 7) is 8.79. The highest BCUT2D eigenvalue weighted by atomic mass is 35.5. The lowest BCUT2D eigenvalue weighted by Crippen LogP contribution is -2.26. The van der Waals surface area contributed by atoms with Crippen molar-refractivity contribution in [3.63, 3.8) is 0 Å². The van der Waals surface area contributed by atoms with E-state index < -0.39 is 5.97 Å². The quantitative estimate of drug-likeness (QED) is 0.357. The predicted octanol–water partition coefficient (Wildman–Crippen LogP) is 4.88. The molecule has 3 aromatic rings. The van der Waals surface area contributed by atoms with E-state index in [0.29, 0.717) is 17.5 Å². The number of hydrogen-bond donors (Lipinski definition) is 3. The van der Waals surface area contributed by atoms with Crippen molar-refractivity contribution >= 4 is 48.0 Å². The summed E-state index contributed by atoms with van der Waals surface area (Å²) < 4.78 is 0. The lowest BCUT2D eigenvalue weighted by Gasteiger charge is -2.21. The van der Waals surface area contributed by atoms with E-state index in [-0.39, 0.29) is 49.4 Å². The van der Waals surface area contributed by atoms with Gasteiger partial charge in [0.05, 0.1) is 13.0 Å². The number of benzene rings is 1. The Morgan fingerprint density at radius 2 is 1.74 bits per heavy atom. The average Bonchev–Trinajstić information content (AvgIpc) is 3.24. The largest absolute Gasteiger partial charge is 0.476 e. The number of carbonyl (C=O) groups excluding carboxylic acids is 1. The molecule has 2 heterocycles. The summed E-state index contributed by atoms with van der Waals surface area (Å²) in [6, 6.07) is 8.24. The van der Waals surface area contributed by atoms with Crippen molar-refractivity contribution in [1.29, 1.82) is 0 Å². The van der Waals surface area contributed by atoms with Crippen LogP contribution in [-0.2, 0) is 30.7 Å². The van der Waals surface area contributed by atoms with Gasteiger partial charge in [-0.2, -0.15) is 0 Å². The topological polar surface area (TPSA) is 118 Å². The molecule has 0 bridgehead atoms. The normalized spacial score (nSPS) is 10.5. The molecular weight excluding hydrogens is 507 g/mol. The number of nitrogens with zero attached hydrogens (tertiary/aromatic N) is 2. The minimum Gasteiger partial charge on any atom is -0.476 e. The number of carboxylic acid groups (broad SMARTS) is 1. The summed E-state index contributed by atoms with van der Waals surface area (Å²) in [4.78, 5) is 32.8. The molecule has 35 heavy (non-hydrogen) atoms. The van der Waals surface area contributed by atoms with Crippen molar-refractivity contribution in [2.75, 3.05) is 0 Å². The summed E-state index contributed by atoms with van der Waals surface area (Å²) in [7, 11) is 0. The van der Waals surface area contributed by atoms with Crippen LogP contribution in [0.15, 0.2) is 29.6 Å². The number of amides is 1. The molecule has 2 aromatic heterocycles. The Balaban J connectivity index is 0.00000306. The summed E-state index contributed by atoms with van der Waals surface area (Å²) in [5.41, 5.74) is 13.0. The van der Waals surface area contributed by atoms with Gasteiger partial charge in [0.2, 0.25) is 5.91 Å². The molecule has 0 fully saturated rings. The minimum atomic E-state index is -1.08. The minimum absolute atomic E-state index is 0. The molecule has 0 aliphatic rings. The number of aromatic carboxylic acids is 1. The Morgan fingerprint density at radius 1 is 1.09 bits per heavy atom. The maximum absolute atomic E-state index is 12.9. The third-order valence-electron chi connectivity index (χ3n) is 5.38. The van der Waals surface area contributed by atoms with Crippen molar-refractivity contribution in [2.45, 2.75) is 53.6 Å². The van der Waals surface area contributed by atoms with Gasteiger partial charge >= 0.3 is 5.97 Å². The predicted molar refractivity (Wildman–Crippen MR) is 145 cm³/mol. The van der Waals surface area contributed by atoms with E-state index in [1.807, 2.05) is 13.8 Å². The SMILES string of the molecule is Cc1ccc(-c2c(CC(=O)NCc3nc(C(=O)O)cs3)c(C)nc(CC(C)C)c2CN)cc1.Cl.Cl. The third-order valence-corrected chi connectivity index (χ3v) is 6.23. The van der Waals surface area contributed by atoms with Gasteiger partial charge in [0, 0.05) is 23.3 Å².